The number of rotatable bonds is 8. The van der Waals surface area contributed by atoms with Gasteiger partial charge in [0, 0.05) is 11.6 Å². The fraction of sp³-hybridized carbons (Fsp3) is 0.318. The number of fused-ring (bicyclic) bond motifs is 1. The highest BCUT2D eigenvalue weighted by molar-refractivity contribution is 7.18. The summed E-state index contributed by atoms with van der Waals surface area (Å²) in [5.41, 5.74) is 1.20. The van der Waals surface area contributed by atoms with Crippen molar-refractivity contribution < 1.29 is 23.8 Å². The van der Waals surface area contributed by atoms with Crippen molar-refractivity contribution in [3.05, 3.63) is 53.0 Å². The van der Waals surface area contributed by atoms with Crippen LogP contribution in [0, 0.1) is 5.92 Å². The van der Waals surface area contributed by atoms with E-state index in [1.807, 2.05) is 38.1 Å². The Hall–Kier alpha value is -3.13. The molecular formula is C22H24N2O5S. The van der Waals surface area contributed by atoms with Gasteiger partial charge in [0.05, 0.1) is 24.4 Å². The standard InChI is InChI=1S/C22H24N2O5S/c1-13(2)20(24-21(25)14-9-15(27-3)11-16(10-14)28-4)22(26)29-12-19-23-17-7-5-6-8-18(17)30-19/h5-11,13,20H,12H2,1-4H3,(H,24,25)/t20-/m0/s1. The van der Waals surface area contributed by atoms with Crippen LogP contribution in [0.1, 0.15) is 29.2 Å². The highest BCUT2D eigenvalue weighted by Gasteiger charge is 2.27. The van der Waals surface area contributed by atoms with Crippen LogP contribution in [0.2, 0.25) is 0 Å². The zero-order valence-corrected chi connectivity index (χ0v) is 18.1. The number of hydrogen-bond acceptors (Lipinski definition) is 7. The van der Waals surface area contributed by atoms with Crippen LogP contribution in [0.5, 0.6) is 11.5 Å². The molecule has 2 aromatic carbocycles. The SMILES string of the molecule is COc1cc(OC)cc(C(=O)N[C@H](C(=O)OCc2nc3ccccc3s2)C(C)C)c1. The fourth-order valence-electron chi connectivity index (χ4n) is 2.87. The number of thiazole rings is 1. The van der Waals surface area contributed by atoms with Crippen molar-refractivity contribution in [3.8, 4) is 11.5 Å². The first kappa shape index (κ1) is 21.6. The lowest BCUT2D eigenvalue weighted by atomic mass is 10.0. The summed E-state index contributed by atoms with van der Waals surface area (Å²) in [4.78, 5) is 29.9. The fourth-order valence-corrected chi connectivity index (χ4v) is 3.75. The number of nitrogens with one attached hydrogen (secondary N) is 1. The van der Waals surface area contributed by atoms with Crippen LogP contribution in [0.4, 0.5) is 0 Å². The lowest BCUT2D eigenvalue weighted by molar-refractivity contribution is -0.148. The first-order valence-electron chi connectivity index (χ1n) is 9.46. The molecule has 0 radical (unpaired) electrons. The van der Waals surface area contributed by atoms with Gasteiger partial charge in [-0.25, -0.2) is 9.78 Å². The Balaban J connectivity index is 1.68. The number of aromatic nitrogens is 1. The van der Waals surface area contributed by atoms with E-state index in [4.69, 9.17) is 14.2 Å². The number of para-hydroxylation sites is 1. The second-order valence-electron chi connectivity index (χ2n) is 6.98. The van der Waals surface area contributed by atoms with Crippen LogP contribution < -0.4 is 14.8 Å². The second-order valence-corrected chi connectivity index (χ2v) is 8.09. The van der Waals surface area contributed by atoms with Gasteiger partial charge in [0.1, 0.15) is 29.2 Å². The molecule has 1 heterocycles. The Morgan fingerprint density at radius 3 is 2.33 bits per heavy atom. The summed E-state index contributed by atoms with van der Waals surface area (Å²) in [5.74, 6) is -0.113. The van der Waals surface area contributed by atoms with Gasteiger partial charge in [-0.2, -0.15) is 0 Å². The van der Waals surface area contributed by atoms with Crippen LogP contribution >= 0.6 is 11.3 Å². The van der Waals surface area contributed by atoms with E-state index in [2.05, 4.69) is 10.3 Å². The minimum Gasteiger partial charge on any atom is -0.497 e. The zero-order valence-electron chi connectivity index (χ0n) is 17.3. The van der Waals surface area contributed by atoms with E-state index < -0.39 is 17.9 Å². The molecular weight excluding hydrogens is 404 g/mol. The molecule has 0 spiro atoms. The maximum atomic E-state index is 12.8. The first-order chi connectivity index (χ1) is 14.4. The minimum atomic E-state index is -0.802. The molecule has 3 aromatic rings. The lowest BCUT2D eigenvalue weighted by Crippen LogP contribution is -2.45. The average molecular weight is 429 g/mol. The molecule has 0 bridgehead atoms. The third-order valence-corrected chi connectivity index (χ3v) is 5.51. The van der Waals surface area contributed by atoms with E-state index in [0.717, 1.165) is 10.2 Å². The molecule has 7 nitrogen and oxygen atoms in total. The molecule has 1 amide bonds. The topological polar surface area (TPSA) is 86.8 Å². The third kappa shape index (κ3) is 5.07. The predicted octanol–water partition coefficient (Wildman–Crippen LogP) is 3.81. The van der Waals surface area contributed by atoms with Gasteiger partial charge in [-0.1, -0.05) is 26.0 Å². The van der Waals surface area contributed by atoms with E-state index in [1.54, 1.807) is 18.2 Å². The van der Waals surface area contributed by atoms with Crippen LogP contribution in [0.15, 0.2) is 42.5 Å². The van der Waals surface area contributed by atoms with Crippen molar-refractivity contribution >= 4 is 33.4 Å². The number of benzene rings is 2. The van der Waals surface area contributed by atoms with E-state index in [0.29, 0.717) is 22.1 Å². The Morgan fingerprint density at radius 2 is 1.73 bits per heavy atom. The molecule has 1 N–H and O–H groups in total. The van der Waals surface area contributed by atoms with Crippen molar-refractivity contribution in [1.29, 1.82) is 0 Å². The van der Waals surface area contributed by atoms with Crippen molar-refractivity contribution in [2.45, 2.75) is 26.5 Å². The maximum Gasteiger partial charge on any atom is 0.329 e. The summed E-state index contributed by atoms with van der Waals surface area (Å²) < 4.78 is 16.9. The van der Waals surface area contributed by atoms with Gasteiger partial charge in [-0.05, 0) is 30.2 Å². The average Bonchev–Trinajstić information content (AvgIpc) is 3.18. The van der Waals surface area contributed by atoms with E-state index >= 15 is 0 Å². The zero-order chi connectivity index (χ0) is 21.7. The van der Waals surface area contributed by atoms with Gasteiger partial charge in [0.2, 0.25) is 0 Å². The Labute approximate surface area is 179 Å². The predicted molar refractivity (Wildman–Crippen MR) is 115 cm³/mol. The number of amides is 1. The first-order valence-corrected chi connectivity index (χ1v) is 10.3. The van der Waals surface area contributed by atoms with E-state index in [-0.39, 0.29) is 12.5 Å². The molecule has 0 aliphatic rings. The minimum absolute atomic E-state index is 0.0598. The summed E-state index contributed by atoms with van der Waals surface area (Å²) in [6.07, 6.45) is 0. The van der Waals surface area contributed by atoms with Crippen molar-refractivity contribution in [3.63, 3.8) is 0 Å². The summed E-state index contributed by atoms with van der Waals surface area (Å²) in [5, 5.41) is 3.46. The molecule has 0 aliphatic carbocycles. The van der Waals surface area contributed by atoms with Gasteiger partial charge in [-0.15, -0.1) is 11.3 Å². The summed E-state index contributed by atoms with van der Waals surface area (Å²) >= 11 is 1.47. The molecule has 0 unspecified atom stereocenters. The summed E-state index contributed by atoms with van der Waals surface area (Å²) in [6.45, 7) is 3.75. The summed E-state index contributed by atoms with van der Waals surface area (Å²) in [7, 11) is 3.01. The molecule has 1 atom stereocenters. The quantitative estimate of drug-likeness (QED) is 0.549. The van der Waals surface area contributed by atoms with Crippen LogP contribution in [0.25, 0.3) is 10.2 Å². The third-order valence-electron chi connectivity index (χ3n) is 4.50. The van der Waals surface area contributed by atoms with Gasteiger partial charge < -0.3 is 19.5 Å². The van der Waals surface area contributed by atoms with Crippen LogP contribution in [0.3, 0.4) is 0 Å². The van der Waals surface area contributed by atoms with Crippen molar-refractivity contribution in [1.82, 2.24) is 10.3 Å². The Kier molecular flexibility index (Phi) is 6.89. The van der Waals surface area contributed by atoms with Gasteiger partial charge >= 0.3 is 5.97 Å². The number of esters is 1. The largest absolute Gasteiger partial charge is 0.497 e. The van der Waals surface area contributed by atoms with Gasteiger partial charge in [0.25, 0.3) is 5.91 Å². The molecule has 30 heavy (non-hydrogen) atoms. The Bertz CT molecular complexity index is 992. The van der Waals surface area contributed by atoms with Crippen LogP contribution in [-0.4, -0.2) is 37.1 Å². The highest BCUT2D eigenvalue weighted by atomic mass is 32.1. The monoisotopic (exact) mass is 428 g/mol. The number of carbonyl (C=O) groups is 2. The van der Waals surface area contributed by atoms with Gasteiger partial charge in [-0.3, -0.25) is 4.79 Å². The molecule has 0 saturated heterocycles. The Morgan fingerprint density at radius 1 is 1.07 bits per heavy atom. The van der Waals surface area contributed by atoms with Crippen molar-refractivity contribution in [2.24, 2.45) is 5.92 Å². The van der Waals surface area contributed by atoms with Crippen LogP contribution in [-0.2, 0) is 16.1 Å². The number of methoxy groups -OCH3 is 2. The molecule has 158 valence electrons. The summed E-state index contributed by atoms with van der Waals surface area (Å²) in [6, 6.07) is 11.8. The number of carbonyl (C=O) groups excluding carboxylic acids is 2. The second kappa shape index (κ2) is 9.58. The normalized spacial score (nSPS) is 11.9. The molecule has 0 saturated carbocycles. The maximum absolute atomic E-state index is 12.8. The van der Waals surface area contributed by atoms with E-state index in [1.165, 1.54) is 25.6 Å². The molecule has 8 heteroatoms. The molecule has 1 aromatic heterocycles. The molecule has 0 aliphatic heterocycles. The van der Waals surface area contributed by atoms with Crippen molar-refractivity contribution in [2.75, 3.05) is 14.2 Å². The number of hydrogen-bond donors (Lipinski definition) is 1. The number of nitrogens with zero attached hydrogens (tertiary/aromatic N) is 1. The van der Waals surface area contributed by atoms with E-state index in [9.17, 15) is 9.59 Å². The highest BCUT2D eigenvalue weighted by Crippen LogP contribution is 2.24. The smallest absolute Gasteiger partial charge is 0.329 e. The molecule has 3 rings (SSSR count). The van der Waals surface area contributed by atoms with Gasteiger partial charge in [0.15, 0.2) is 0 Å². The number of ether oxygens (including phenoxy) is 3. The molecule has 0 fully saturated rings. The lowest BCUT2D eigenvalue weighted by Gasteiger charge is -2.21.